The molecular formula is C20H19NO3. The van der Waals surface area contributed by atoms with Gasteiger partial charge < -0.3 is 14.5 Å². The van der Waals surface area contributed by atoms with Gasteiger partial charge in [-0.1, -0.05) is 12.1 Å². The molecule has 1 aliphatic rings. The van der Waals surface area contributed by atoms with Crippen LogP contribution in [0.1, 0.15) is 26.3 Å². The van der Waals surface area contributed by atoms with Crippen LogP contribution in [0, 0.1) is 0 Å². The summed E-state index contributed by atoms with van der Waals surface area (Å²) in [6.45, 7) is 6.25. The van der Waals surface area contributed by atoms with Crippen molar-refractivity contribution in [3.05, 3.63) is 52.4 Å². The zero-order chi connectivity index (χ0) is 17.1. The molecule has 0 spiro atoms. The van der Waals surface area contributed by atoms with E-state index in [1.54, 1.807) is 19.2 Å². The van der Waals surface area contributed by atoms with E-state index in [0.29, 0.717) is 11.0 Å². The van der Waals surface area contributed by atoms with Crippen molar-refractivity contribution in [3.8, 4) is 5.75 Å². The topological polar surface area (TPSA) is 51.5 Å². The van der Waals surface area contributed by atoms with Crippen molar-refractivity contribution in [1.29, 1.82) is 0 Å². The van der Waals surface area contributed by atoms with E-state index < -0.39 is 0 Å². The van der Waals surface area contributed by atoms with Crippen molar-refractivity contribution in [3.63, 3.8) is 0 Å². The van der Waals surface area contributed by atoms with E-state index in [4.69, 9.17) is 9.15 Å². The van der Waals surface area contributed by atoms with E-state index in [0.717, 1.165) is 33.3 Å². The molecule has 0 atom stereocenters. The quantitative estimate of drug-likeness (QED) is 0.527. The number of benzene rings is 2. The standard InChI is InChI=1S/C20H19NO3/c1-11-10-20(2,3)21-15-7-6-13-14-9-12(23-4)5-8-16(14)24-19(22)18(13)17(11)15/h5-10,21H,1-4H3. The maximum absolute atomic E-state index is 12.7. The minimum atomic E-state index is -0.311. The number of fused-ring (bicyclic) bond motifs is 5. The van der Waals surface area contributed by atoms with Crippen LogP contribution in [0.5, 0.6) is 5.75 Å². The lowest BCUT2D eigenvalue weighted by atomic mass is 9.88. The molecular weight excluding hydrogens is 302 g/mol. The van der Waals surface area contributed by atoms with Gasteiger partial charge in [-0.05, 0) is 50.6 Å². The molecule has 0 radical (unpaired) electrons. The lowest BCUT2D eigenvalue weighted by molar-refractivity contribution is 0.415. The Morgan fingerprint density at radius 3 is 2.67 bits per heavy atom. The summed E-state index contributed by atoms with van der Waals surface area (Å²) in [5, 5.41) is 5.85. The summed E-state index contributed by atoms with van der Waals surface area (Å²) in [6.07, 6.45) is 2.14. The summed E-state index contributed by atoms with van der Waals surface area (Å²) < 4.78 is 10.9. The monoisotopic (exact) mass is 321 g/mol. The molecule has 0 saturated carbocycles. The third-order valence-corrected chi connectivity index (χ3v) is 4.52. The van der Waals surface area contributed by atoms with Crippen LogP contribution in [-0.4, -0.2) is 12.6 Å². The molecule has 4 nitrogen and oxygen atoms in total. The highest BCUT2D eigenvalue weighted by Crippen LogP contribution is 2.39. The van der Waals surface area contributed by atoms with Gasteiger partial charge in [0.05, 0.1) is 18.0 Å². The van der Waals surface area contributed by atoms with Crippen LogP contribution in [0.15, 0.2) is 45.6 Å². The van der Waals surface area contributed by atoms with Gasteiger partial charge in [0.1, 0.15) is 11.3 Å². The number of methoxy groups -OCH3 is 1. The zero-order valence-electron chi connectivity index (χ0n) is 14.2. The number of allylic oxidation sites excluding steroid dienone is 1. The van der Waals surface area contributed by atoms with E-state index in [-0.39, 0.29) is 11.2 Å². The highest BCUT2D eigenvalue weighted by atomic mass is 16.5. The Morgan fingerprint density at radius 1 is 1.12 bits per heavy atom. The molecule has 0 saturated heterocycles. The smallest absolute Gasteiger partial charge is 0.344 e. The Bertz CT molecular complexity index is 1070. The first-order valence-corrected chi connectivity index (χ1v) is 7.95. The molecule has 122 valence electrons. The third-order valence-electron chi connectivity index (χ3n) is 4.52. The number of rotatable bonds is 1. The summed E-state index contributed by atoms with van der Waals surface area (Å²) in [7, 11) is 1.63. The van der Waals surface area contributed by atoms with Gasteiger partial charge in [-0.2, -0.15) is 0 Å². The predicted molar refractivity (Wildman–Crippen MR) is 97.9 cm³/mol. The molecule has 2 aromatic carbocycles. The maximum atomic E-state index is 12.7. The molecule has 2 heterocycles. The van der Waals surface area contributed by atoms with E-state index in [2.05, 4.69) is 25.2 Å². The highest BCUT2D eigenvalue weighted by Gasteiger charge is 2.25. The van der Waals surface area contributed by atoms with E-state index in [1.807, 2.05) is 25.1 Å². The molecule has 24 heavy (non-hydrogen) atoms. The molecule has 0 unspecified atom stereocenters. The summed E-state index contributed by atoms with van der Waals surface area (Å²) in [5.41, 5.74) is 3.07. The van der Waals surface area contributed by atoms with E-state index in [9.17, 15) is 4.79 Å². The molecule has 0 bridgehead atoms. The Balaban J connectivity index is 2.16. The first-order valence-electron chi connectivity index (χ1n) is 7.95. The van der Waals surface area contributed by atoms with Gasteiger partial charge in [0.15, 0.2) is 0 Å². The van der Waals surface area contributed by atoms with Crippen LogP contribution in [0.2, 0.25) is 0 Å². The summed E-state index contributed by atoms with van der Waals surface area (Å²) in [6, 6.07) is 9.50. The average molecular weight is 321 g/mol. The highest BCUT2D eigenvalue weighted by molar-refractivity contribution is 6.10. The predicted octanol–water partition coefficient (Wildman–Crippen LogP) is 4.56. The molecule has 1 aromatic heterocycles. The number of anilines is 1. The Kier molecular flexibility index (Phi) is 3.01. The fourth-order valence-electron chi connectivity index (χ4n) is 3.64. The van der Waals surface area contributed by atoms with Gasteiger partial charge in [-0.3, -0.25) is 0 Å². The third kappa shape index (κ3) is 2.10. The van der Waals surface area contributed by atoms with Crippen molar-refractivity contribution in [2.75, 3.05) is 12.4 Å². The second kappa shape index (κ2) is 4.87. The molecule has 0 aliphatic carbocycles. The van der Waals surface area contributed by atoms with Crippen LogP contribution < -0.4 is 15.7 Å². The summed E-state index contributed by atoms with van der Waals surface area (Å²) in [4.78, 5) is 12.7. The van der Waals surface area contributed by atoms with Crippen molar-refractivity contribution >= 4 is 33.0 Å². The minimum Gasteiger partial charge on any atom is -0.497 e. The first-order chi connectivity index (χ1) is 11.4. The van der Waals surface area contributed by atoms with Crippen molar-refractivity contribution in [2.45, 2.75) is 26.3 Å². The number of nitrogens with one attached hydrogen (secondary N) is 1. The normalized spacial score (nSPS) is 15.8. The Hall–Kier alpha value is -2.75. The molecule has 1 aliphatic heterocycles. The molecule has 3 aromatic rings. The molecule has 4 rings (SSSR count). The largest absolute Gasteiger partial charge is 0.497 e. The number of hydrogen-bond donors (Lipinski definition) is 1. The van der Waals surface area contributed by atoms with Gasteiger partial charge in [0.2, 0.25) is 0 Å². The van der Waals surface area contributed by atoms with Crippen LogP contribution >= 0.6 is 0 Å². The molecule has 1 N–H and O–H groups in total. The Morgan fingerprint density at radius 2 is 1.92 bits per heavy atom. The molecule has 0 fully saturated rings. The number of ether oxygens (including phenoxy) is 1. The van der Waals surface area contributed by atoms with E-state index >= 15 is 0 Å². The van der Waals surface area contributed by atoms with Crippen LogP contribution in [0.25, 0.3) is 27.3 Å². The summed E-state index contributed by atoms with van der Waals surface area (Å²) in [5.74, 6) is 0.738. The second-order valence-corrected chi connectivity index (χ2v) is 6.84. The fourth-order valence-corrected chi connectivity index (χ4v) is 3.64. The minimum absolute atomic E-state index is 0.148. The first kappa shape index (κ1) is 14.8. The van der Waals surface area contributed by atoms with Gasteiger partial charge in [-0.15, -0.1) is 0 Å². The fraction of sp³-hybridized carbons (Fsp3) is 0.250. The second-order valence-electron chi connectivity index (χ2n) is 6.84. The summed E-state index contributed by atoms with van der Waals surface area (Å²) >= 11 is 0. The van der Waals surface area contributed by atoms with Crippen molar-refractivity contribution in [2.24, 2.45) is 0 Å². The van der Waals surface area contributed by atoms with Gasteiger partial charge in [0, 0.05) is 22.0 Å². The van der Waals surface area contributed by atoms with Crippen LogP contribution in [-0.2, 0) is 0 Å². The van der Waals surface area contributed by atoms with Crippen LogP contribution in [0.3, 0.4) is 0 Å². The lowest BCUT2D eigenvalue weighted by Gasteiger charge is -2.31. The number of hydrogen-bond acceptors (Lipinski definition) is 4. The van der Waals surface area contributed by atoms with Crippen molar-refractivity contribution < 1.29 is 9.15 Å². The van der Waals surface area contributed by atoms with Gasteiger partial charge >= 0.3 is 5.63 Å². The molecule has 4 heteroatoms. The van der Waals surface area contributed by atoms with Crippen molar-refractivity contribution in [1.82, 2.24) is 0 Å². The van der Waals surface area contributed by atoms with E-state index in [1.165, 1.54) is 0 Å². The molecule has 0 amide bonds. The average Bonchev–Trinajstić information content (AvgIpc) is 2.53. The maximum Gasteiger partial charge on any atom is 0.344 e. The van der Waals surface area contributed by atoms with Gasteiger partial charge in [0.25, 0.3) is 0 Å². The zero-order valence-corrected chi connectivity index (χ0v) is 14.2. The lowest BCUT2D eigenvalue weighted by Crippen LogP contribution is -2.31. The SMILES string of the molecule is COc1ccc2oc(=O)c3c4c(ccc3c2c1)NC(C)(C)C=C4C. The van der Waals surface area contributed by atoms with Crippen LogP contribution in [0.4, 0.5) is 5.69 Å². The van der Waals surface area contributed by atoms with Gasteiger partial charge in [-0.25, -0.2) is 4.79 Å². The Labute approximate surface area is 139 Å².